The van der Waals surface area contributed by atoms with Crippen LogP contribution in [0.15, 0.2) is 18.3 Å². The third-order valence-corrected chi connectivity index (χ3v) is 1.89. The van der Waals surface area contributed by atoms with Gasteiger partial charge in [-0.25, -0.2) is 9.78 Å². The van der Waals surface area contributed by atoms with E-state index in [0.29, 0.717) is 12.8 Å². The molecule has 1 aromatic heterocycles. The SMILES string of the molecule is CC(O)CCc1ccc(C(=O)O)nc1. The highest BCUT2D eigenvalue weighted by molar-refractivity contribution is 5.85. The first-order chi connectivity index (χ1) is 6.59. The van der Waals surface area contributed by atoms with Crippen LogP contribution in [0, 0.1) is 0 Å². The van der Waals surface area contributed by atoms with Gasteiger partial charge in [0, 0.05) is 6.20 Å². The molecule has 0 aromatic carbocycles. The molecule has 4 nitrogen and oxygen atoms in total. The number of aliphatic hydroxyl groups is 1. The number of hydrogen-bond donors (Lipinski definition) is 2. The van der Waals surface area contributed by atoms with Gasteiger partial charge in [-0.2, -0.15) is 0 Å². The van der Waals surface area contributed by atoms with Gasteiger partial charge in [0.15, 0.2) is 0 Å². The Bertz CT molecular complexity index is 306. The molecule has 0 radical (unpaired) electrons. The van der Waals surface area contributed by atoms with E-state index in [1.807, 2.05) is 0 Å². The van der Waals surface area contributed by atoms with Crippen LogP contribution in [0.5, 0.6) is 0 Å². The maximum atomic E-state index is 10.5. The van der Waals surface area contributed by atoms with Crippen molar-refractivity contribution in [2.75, 3.05) is 0 Å². The van der Waals surface area contributed by atoms with Gasteiger partial charge >= 0.3 is 5.97 Å². The number of carboxylic acid groups (broad SMARTS) is 1. The van der Waals surface area contributed by atoms with Crippen LogP contribution < -0.4 is 0 Å². The molecule has 0 saturated heterocycles. The number of aromatic nitrogens is 1. The lowest BCUT2D eigenvalue weighted by atomic mass is 10.1. The molecule has 14 heavy (non-hydrogen) atoms. The van der Waals surface area contributed by atoms with Gasteiger partial charge in [0.25, 0.3) is 0 Å². The van der Waals surface area contributed by atoms with E-state index in [1.165, 1.54) is 12.3 Å². The highest BCUT2D eigenvalue weighted by Gasteiger charge is 2.04. The molecule has 1 unspecified atom stereocenters. The van der Waals surface area contributed by atoms with E-state index < -0.39 is 5.97 Å². The number of rotatable bonds is 4. The van der Waals surface area contributed by atoms with Crippen LogP contribution in [0.1, 0.15) is 29.4 Å². The van der Waals surface area contributed by atoms with Crippen LogP contribution in [-0.4, -0.2) is 27.3 Å². The first kappa shape index (κ1) is 10.7. The molecule has 0 aliphatic carbocycles. The van der Waals surface area contributed by atoms with E-state index in [-0.39, 0.29) is 11.8 Å². The van der Waals surface area contributed by atoms with Gasteiger partial charge in [0.05, 0.1) is 6.10 Å². The predicted octanol–water partition coefficient (Wildman–Crippen LogP) is 1.09. The number of aromatic carboxylic acids is 1. The second-order valence-corrected chi connectivity index (χ2v) is 3.24. The van der Waals surface area contributed by atoms with E-state index in [9.17, 15) is 4.79 Å². The zero-order valence-corrected chi connectivity index (χ0v) is 7.97. The molecule has 0 aliphatic rings. The lowest BCUT2D eigenvalue weighted by molar-refractivity contribution is 0.0690. The summed E-state index contributed by atoms with van der Waals surface area (Å²) in [5.74, 6) is -1.02. The van der Waals surface area contributed by atoms with Gasteiger partial charge in [-0.15, -0.1) is 0 Å². The standard InChI is InChI=1S/C10H13NO3/c1-7(12)2-3-8-4-5-9(10(13)14)11-6-8/h4-7,12H,2-3H2,1H3,(H,13,14). The monoisotopic (exact) mass is 195 g/mol. The van der Waals surface area contributed by atoms with Gasteiger partial charge in [-0.1, -0.05) is 6.07 Å². The summed E-state index contributed by atoms with van der Waals surface area (Å²) in [5, 5.41) is 17.6. The van der Waals surface area contributed by atoms with Crippen molar-refractivity contribution in [3.05, 3.63) is 29.6 Å². The Hall–Kier alpha value is -1.42. The van der Waals surface area contributed by atoms with Gasteiger partial charge in [0.2, 0.25) is 0 Å². The topological polar surface area (TPSA) is 70.4 Å². The fraction of sp³-hybridized carbons (Fsp3) is 0.400. The largest absolute Gasteiger partial charge is 0.477 e. The summed E-state index contributed by atoms with van der Waals surface area (Å²) in [4.78, 5) is 14.3. The molecule has 0 aliphatic heterocycles. The number of aryl methyl sites for hydroxylation is 1. The third kappa shape index (κ3) is 3.14. The van der Waals surface area contributed by atoms with E-state index >= 15 is 0 Å². The third-order valence-electron chi connectivity index (χ3n) is 1.89. The molecule has 1 atom stereocenters. The van der Waals surface area contributed by atoms with E-state index in [0.717, 1.165) is 5.56 Å². The van der Waals surface area contributed by atoms with Crippen molar-refractivity contribution in [2.24, 2.45) is 0 Å². The Morgan fingerprint density at radius 1 is 1.57 bits per heavy atom. The Morgan fingerprint density at radius 3 is 2.71 bits per heavy atom. The molecular formula is C10H13NO3. The minimum atomic E-state index is -1.02. The Balaban J connectivity index is 2.60. The minimum Gasteiger partial charge on any atom is -0.477 e. The Morgan fingerprint density at radius 2 is 2.29 bits per heavy atom. The smallest absolute Gasteiger partial charge is 0.354 e. The van der Waals surface area contributed by atoms with E-state index in [4.69, 9.17) is 10.2 Å². The summed E-state index contributed by atoms with van der Waals surface area (Å²) >= 11 is 0. The highest BCUT2D eigenvalue weighted by atomic mass is 16.4. The minimum absolute atomic E-state index is 0.0470. The first-order valence-corrected chi connectivity index (χ1v) is 4.46. The van der Waals surface area contributed by atoms with Crippen LogP contribution in [0.2, 0.25) is 0 Å². The number of hydrogen-bond acceptors (Lipinski definition) is 3. The van der Waals surface area contributed by atoms with Gasteiger partial charge in [0.1, 0.15) is 5.69 Å². The molecule has 0 saturated carbocycles. The lowest BCUT2D eigenvalue weighted by Crippen LogP contribution is -2.03. The van der Waals surface area contributed by atoms with Crippen LogP contribution in [0.3, 0.4) is 0 Å². The van der Waals surface area contributed by atoms with Crippen molar-refractivity contribution in [3.8, 4) is 0 Å². The number of carboxylic acids is 1. The van der Waals surface area contributed by atoms with Gasteiger partial charge < -0.3 is 10.2 Å². The van der Waals surface area contributed by atoms with E-state index in [1.54, 1.807) is 13.0 Å². The molecule has 0 amide bonds. The first-order valence-electron chi connectivity index (χ1n) is 4.46. The average molecular weight is 195 g/mol. The molecular weight excluding hydrogens is 182 g/mol. The van der Waals surface area contributed by atoms with Crippen LogP contribution in [0.4, 0.5) is 0 Å². The van der Waals surface area contributed by atoms with Crippen molar-refractivity contribution in [1.82, 2.24) is 4.98 Å². The molecule has 76 valence electrons. The zero-order chi connectivity index (χ0) is 10.6. The number of carbonyl (C=O) groups is 1. The molecule has 0 spiro atoms. The summed E-state index contributed by atoms with van der Waals surface area (Å²) < 4.78 is 0. The highest BCUT2D eigenvalue weighted by Crippen LogP contribution is 2.05. The van der Waals surface area contributed by atoms with Crippen LogP contribution in [-0.2, 0) is 6.42 Å². The fourth-order valence-corrected chi connectivity index (χ4v) is 1.07. The molecule has 2 N–H and O–H groups in total. The van der Waals surface area contributed by atoms with Crippen molar-refractivity contribution >= 4 is 5.97 Å². The zero-order valence-electron chi connectivity index (χ0n) is 7.97. The van der Waals surface area contributed by atoms with Crippen molar-refractivity contribution in [1.29, 1.82) is 0 Å². The molecule has 1 aromatic rings. The summed E-state index contributed by atoms with van der Waals surface area (Å²) in [6, 6.07) is 3.19. The molecule has 0 fully saturated rings. The van der Waals surface area contributed by atoms with Crippen molar-refractivity contribution in [3.63, 3.8) is 0 Å². The summed E-state index contributed by atoms with van der Waals surface area (Å²) in [6.45, 7) is 1.72. The van der Waals surface area contributed by atoms with Crippen LogP contribution in [0.25, 0.3) is 0 Å². The number of nitrogens with zero attached hydrogens (tertiary/aromatic N) is 1. The second kappa shape index (κ2) is 4.72. The molecule has 1 rings (SSSR count). The predicted molar refractivity (Wildman–Crippen MR) is 51.2 cm³/mol. The maximum Gasteiger partial charge on any atom is 0.354 e. The Kier molecular flexibility index (Phi) is 3.59. The van der Waals surface area contributed by atoms with E-state index in [2.05, 4.69) is 4.98 Å². The normalized spacial score (nSPS) is 12.4. The van der Waals surface area contributed by atoms with Gasteiger partial charge in [-0.05, 0) is 31.4 Å². The average Bonchev–Trinajstić information content (AvgIpc) is 2.15. The molecule has 1 heterocycles. The number of aliphatic hydroxyl groups excluding tert-OH is 1. The quantitative estimate of drug-likeness (QED) is 0.754. The summed E-state index contributed by atoms with van der Waals surface area (Å²) in [7, 11) is 0. The van der Waals surface area contributed by atoms with Gasteiger partial charge in [-0.3, -0.25) is 0 Å². The number of pyridine rings is 1. The summed E-state index contributed by atoms with van der Waals surface area (Å²) in [6.07, 6.45) is 2.57. The fourth-order valence-electron chi connectivity index (χ4n) is 1.07. The maximum absolute atomic E-state index is 10.5. The molecule has 0 bridgehead atoms. The summed E-state index contributed by atoms with van der Waals surface area (Å²) in [5.41, 5.74) is 0.988. The van der Waals surface area contributed by atoms with Crippen LogP contribution >= 0.6 is 0 Å². The lowest BCUT2D eigenvalue weighted by Gasteiger charge is -2.03. The van der Waals surface area contributed by atoms with Crippen molar-refractivity contribution in [2.45, 2.75) is 25.9 Å². The molecule has 4 heteroatoms. The Labute approximate surface area is 82.2 Å². The second-order valence-electron chi connectivity index (χ2n) is 3.24. The van der Waals surface area contributed by atoms with Crippen molar-refractivity contribution < 1.29 is 15.0 Å².